The molecule has 0 spiro atoms. The van der Waals surface area contributed by atoms with Gasteiger partial charge in [-0.3, -0.25) is 0 Å². The van der Waals surface area contributed by atoms with Gasteiger partial charge in [-0.15, -0.1) is 0 Å². The Morgan fingerprint density at radius 1 is 0.818 bits per heavy atom. The molecule has 0 aliphatic rings. The molecule has 22 heavy (non-hydrogen) atoms. The van der Waals surface area contributed by atoms with Crippen molar-refractivity contribution in [2.45, 2.75) is 32.7 Å². The van der Waals surface area contributed by atoms with Crippen molar-refractivity contribution in [3.8, 4) is 11.3 Å². The first-order valence-corrected chi connectivity index (χ1v) is 8.15. The molecule has 0 unspecified atom stereocenters. The Morgan fingerprint density at radius 3 is 2.18 bits per heavy atom. The summed E-state index contributed by atoms with van der Waals surface area (Å²) in [6.45, 7) is 3.18. The lowest BCUT2D eigenvalue weighted by Crippen LogP contribution is -2.00. The number of unbranched alkanes of at least 4 members (excludes halogenated alkanes) is 1. The third-order valence-electron chi connectivity index (χ3n) is 4.04. The molecule has 0 fully saturated rings. The molecule has 112 valence electrons. The van der Waals surface area contributed by atoms with E-state index in [0.717, 1.165) is 13.0 Å². The SMILES string of the molecule is CCCCc1cc(-c2ccccc2)n(Cc2ccccc2)c1. The van der Waals surface area contributed by atoms with Crippen LogP contribution in [0.25, 0.3) is 11.3 Å². The van der Waals surface area contributed by atoms with Crippen LogP contribution in [0.3, 0.4) is 0 Å². The van der Waals surface area contributed by atoms with Crippen LogP contribution in [-0.4, -0.2) is 4.57 Å². The minimum atomic E-state index is 0.928. The van der Waals surface area contributed by atoms with E-state index in [2.05, 4.69) is 84.4 Å². The topological polar surface area (TPSA) is 4.93 Å². The molecular formula is C21H23N. The molecule has 0 radical (unpaired) electrons. The van der Waals surface area contributed by atoms with Gasteiger partial charge in [-0.2, -0.15) is 0 Å². The summed E-state index contributed by atoms with van der Waals surface area (Å²) in [7, 11) is 0. The molecule has 0 saturated heterocycles. The predicted octanol–water partition coefficient (Wildman–Crippen LogP) is 5.55. The molecule has 1 heterocycles. The van der Waals surface area contributed by atoms with Crippen LogP contribution in [0.1, 0.15) is 30.9 Å². The van der Waals surface area contributed by atoms with Gasteiger partial charge in [0, 0.05) is 18.4 Å². The molecule has 3 aromatic rings. The summed E-state index contributed by atoms with van der Waals surface area (Å²) >= 11 is 0. The number of aryl methyl sites for hydroxylation is 1. The fraction of sp³-hybridized carbons (Fsp3) is 0.238. The second-order valence-corrected chi connectivity index (χ2v) is 5.82. The van der Waals surface area contributed by atoms with Crippen molar-refractivity contribution in [1.82, 2.24) is 4.57 Å². The summed E-state index contributed by atoms with van der Waals surface area (Å²) in [4.78, 5) is 0. The third kappa shape index (κ3) is 3.48. The minimum absolute atomic E-state index is 0.928. The second-order valence-electron chi connectivity index (χ2n) is 5.82. The average molecular weight is 289 g/mol. The van der Waals surface area contributed by atoms with E-state index in [1.54, 1.807) is 0 Å². The highest BCUT2D eigenvalue weighted by atomic mass is 15.0. The zero-order valence-electron chi connectivity index (χ0n) is 13.2. The minimum Gasteiger partial charge on any atom is -0.343 e. The van der Waals surface area contributed by atoms with Gasteiger partial charge in [-0.25, -0.2) is 0 Å². The Bertz CT molecular complexity index is 695. The number of hydrogen-bond acceptors (Lipinski definition) is 0. The molecule has 0 saturated carbocycles. The molecule has 0 amide bonds. The van der Waals surface area contributed by atoms with Gasteiger partial charge in [0.15, 0.2) is 0 Å². The van der Waals surface area contributed by atoms with E-state index in [4.69, 9.17) is 0 Å². The lowest BCUT2D eigenvalue weighted by atomic mass is 10.1. The zero-order chi connectivity index (χ0) is 15.2. The Balaban J connectivity index is 1.94. The lowest BCUT2D eigenvalue weighted by molar-refractivity contribution is 0.778. The van der Waals surface area contributed by atoms with Gasteiger partial charge in [0.1, 0.15) is 0 Å². The lowest BCUT2D eigenvalue weighted by Gasteiger charge is -2.09. The second kappa shape index (κ2) is 7.13. The quantitative estimate of drug-likeness (QED) is 0.561. The predicted molar refractivity (Wildman–Crippen MR) is 94.0 cm³/mol. The van der Waals surface area contributed by atoms with Gasteiger partial charge in [-0.1, -0.05) is 74.0 Å². The molecule has 0 aliphatic carbocycles. The first-order valence-electron chi connectivity index (χ1n) is 8.15. The number of nitrogens with zero attached hydrogens (tertiary/aromatic N) is 1. The summed E-state index contributed by atoms with van der Waals surface area (Å²) in [6, 6.07) is 23.7. The van der Waals surface area contributed by atoms with Gasteiger partial charge >= 0.3 is 0 Å². The van der Waals surface area contributed by atoms with Gasteiger partial charge in [0.05, 0.1) is 0 Å². The first-order chi connectivity index (χ1) is 10.9. The molecule has 1 nitrogen and oxygen atoms in total. The normalized spacial score (nSPS) is 10.8. The molecule has 0 N–H and O–H groups in total. The third-order valence-corrected chi connectivity index (χ3v) is 4.04. The van der Waals surface area contributed by atoms with Gasteiger partial charge in [0.2, 0.25) is 0 Å². The zero-order valence-corrected chi connectivity index (χ0v) is 13.2. The summed E-state index contributed by atoms with van der Waals surface area (Å²) in [6.07, 6.45) is 5.98. The van der Waals surface area contributed by atoms with E-state index in [1.165, 1.54) is 35.2 Å². The van der Waals surface area contributed by atoms with Gasteiger partial charge in [0.25, 0.3) is 0 Å². The van der Waals surface area contributed by atoms with Crippen LogP contribution in [-0.2, 0) is 13.0 Å². The van der Waals surface area contributed by atoms with Gasteiger partial charge < -0.3 is 4.57 Å². The summed E-state index contributed by atoms with van der Waals surface area (Å²) in [5.41, 5.74) is 5.39. The Kier molecular flexibility index (Phi) is 4.75. The maximum atomic E-state index is 2.38. The van der Waals surface area contributed by atoms with E-state index in [9.17, 15) is 0 Å². The van der Waals surface area contributed by atoms with E-state index in [0.29, 0.717) is 0 Å². The van der Waals surface area contributed by atoms with Crippen molar-refractivity contribution >= 4 is 0 Å². The van der Waals surface area contributed by atoms with E-state index >= 15 is 0 Å². The van der Waals surface area contributed by atoms with Crippen molar-refractivity contribution in [2.24, 2.45) is 0 Å². The summed E-state index contributed by atoms with van der Waals surface area (Å²) in [5, 5.41) is 0. The van der Waals surface area contributed by atoms with Crippen LogP contribution in [0, 0.1) is 0 Å². The Hall–Kier alpha value is -2.28. The van der Waals surface area contributed by atoms with Gasteiger partial charge in [-0.05, 0) is 35.6 Å². The number of hydrogen-bond donors (Lipinski definition) is 0. The van der Waals surface area contributed by atoms with E-state index < -0.39 is 0 Å². The van der Waals surface area contributed by atoms with Crippen LogP contribution in [0.15, 0.2) is 72.9 Å². The Morgan fingerprint density at radius 2 is 1.50 bits per heavy atom. The summed E-state index contributed by atoms with van der Waals surface area (Å²) < 4.78 is 2.38. The van der Waals surface area contributed by atoms with Crippen molar-refractivity contribution in [3.63, 3.8) is 0 Å². The average Bonchev–Trinajstić information content (AvgIpc) is 2.97. The molecule has 0 atom stereocenters. The van der Waals surface area contributed by atoms with E-state index in [1.807, 2.05) is 0 Å². The maximum Gasteiger partial charge on any atom is 0.0486 e. The molecule has 0 bridgehead atoms. The fourth-order valence-electron chi connectivity index (χ4n) is 2.85. The number of benzene rings is 2. The molecule has 1 aromatic heterocycles. The summed E-state index contributed by atoms with van der Waals surface area (Å²) in [5.74, 6) is 0. The van der Waals surface area contributed by atoms with Crippen molar-refractivity contribution in [3.05, 3.63) is 84.1 Å². The molecular weight excluding hydrogens is 266 g/mol. The highest BCUT2D eigenvalue weighted by Gasteiger charge is 2.08. The van der Waals surface area contributed by atoms with Crippen molar-refractivity contribution in [1.29, 1.82) is 0 Å². The standard InChI is InChI=1S/C21H23N/c1-2-3-10-19-15-21(20-13-8-5-9-14-20)22(17-19)16-18-11-6-4-7-12-18/h4-9,11-15,17H,2-3,10,16H2,1H3. The molecule has 0 aliphatic heterocycles. The molecule has 3 rings (SSSR count). The smallest absolute Gasteiger partial charge is 0.0486 e. The van der Waals surface area contributed by atoms with Crippen molar-refractivity contribution in [2.75, 3.05) is 0 Å². The highest BCUT2D eigenvalue weighted by molar-refractivity contribution is 5.61. The largest absolute Gasteiger partial charge is 0.343 e. The van der Waals surface area contributed by atoms with Crippen LogP contribution in [0.2, 0.25) is 0 Å². The first kappa shape index (κ1) is 14.6. The van der Waals surface area contributed by atoms with Crippen LogP contribution >= 0.6 is 0 Å². The van der Waals surface area contributed by atoms with Crippen molar-refractivity contribution < 1.29 is 0 Å². The Labute approximate surface area is 133 Å². The van der Waals surface area contributed by atoms with Crippen LogP contribution in [0.5, 0.6) is 0 Å². The van der Waals surface area contributed by atoms with Crippen LogP contribution < -0.4 is 0 Å². The monoisotopic (exact) mass is 289 g/mol. The fourth-order valence-corrected chi connectivity index (χ4v) is 2.85. The van der Waals surface area contributed by atoms with E-state index in [-0.39, 0.29) is 0 Å². The number of rotatable bonds is 6. The molecule has 1 heteroatoms. The van der Waals surface area contributed by atoms with Crippen LogP contribution in [0.4, 0.5) is 0 Å². The number of aromatic nitrogens is 1. The maximum absolute atomic E-state index is 2.38. The highest BCUT2D eigenvalue weighted by Crippen LogP contribution is 2.24. The molecule has 2 aromatic carbocycles.